The average Bonchev–Trinajstić information content (AvgIpc) is 2.03. The first-order chi connectivity index (χ1) is 5.55. The zero-order valence-corrected chi connectivity index (χ0v) is 7.94. The SMILES string of the molecule is O=S(=O)(O)c1ccccc1OP. The molecule has 0 bridgehead atoms. The van der Waals surface area contributed by atoms with Crippen LogP contribution in [0.3, 0.4) is 0 Å². The molecule has 1 aromatic rings. The van der Waals surface area contributed by atoms with E-state index in [0.717, 1.165) is 0 Å². The van der Waals surface area contributed by atoms with Gasteiger partial charge in [0.1, 0.15) is 10.6 Å². The maximum absolute atomic E-state index is 10.7. The van der Waals surface area contributed by atoms with Crippen LogP contribution < -0.4 is 4.52 Å². The molecule has 0 fully saturated rings. The first-order valence-electron chi connectivity index (χ1n) is 2.99. The van der Waals surface area contributed by atoms with E-state index in [2.05, 4.69) is 4.52 Å². The van der Waals surface area contributed by atoms with Crippen LogP contribution in [0.2, 0.25) is 0 Å². The molecular weight excluding hydrogens is 199 g/mol. The van der Waals surface area contributed by atoms with Crippen LogP contribution >= 0.6 is 9.47 Å². The number of hydrogen-bond donors (Lipinski definition) is 1. The first-order valence-corrected chi connectivity index (χ1v) is 4.90. The quantitative estimate of drug-likeness (QED) is 0.581. The van der Waals surface area contributed by atoms with Crippen molar-refractivity contribution in [3.8, 4) is 5.75 Å². The standard InChI is InChI=1S/C6H7O4PS/c7-12(8,9)6-4-2-1-3-5(6)10-11/h1-4H,11H2,(H,7,8,9). The van der Waals surface area contributed by atoms with Crippen molar-refractivity contribution in [3.63, 3.8) is 0 Å². The van der Waals surface area contributed by atoms with E-state index in [1.807, 2.05) is 9.47 Å². The molecule has 0 aromatic heterocycles. The summed E-state index contributed by atoms with van der Waals surface area (Å²) in [5, 5.41) is 0. The van der Waals surface area contributed by atoms with Gasteiger partial charge >= 0.3 is 0 Å². The highest BCUT2D eigenvalue weighted by Gasteiger charge is 2.14. The summed E-state index contributed by atoms with van der Waals surface area (Å²) >= 11 is 0. The third-order valence-electron chi connectivity index (χ3n) is 1.25. The van der Waals surface area contributed by atoms with E-state index in [1.54, 1.807) is 6.07 Å². The number of benzene rings is 1. The van der Waals surface area contributed by atoms with Crippen molar-refractivity contribution in [2.24, 2.45) is 0 Å². The maximum Gasteiger partial charge on any atom is 0.298 e. The van der Waals surface area contributed by atoms with Crippen LogP contribution in [0.5, 0.6) is 5.75 Å². The summed E-state index contributed by atoms with van der Waals surface area (Å²) in [7, 11) is -2.27. The van der Waals surface area contributed by atoms with Gasteiger partial charge in [0.15, 0.2) is 0 Å². The summed E-state index contributed by atoms with van der Waals surface area (Å²) in [6.07, 6.45) is 0. The molecular formula is C6H7O4PS. The molecule has 66 valence electrons. The minimum absolute atomic E-state index is 0.102. The summed E-state index contributed by atoms with van der Waals surface area (Å²) in [5.74, 6) is 0.102. The van der Waals surface area contributed by atoms with Gasteiger partial charge in [0.2, 0.25) is 0 Å². The number of para-hydroxylation sites is 1. The normalized spacial score (nSPS) is 11.2. The molecule has 0 saturated carbocycles. The third-order valence-corrected chi connectivity index (χ3v) is 2.40. The van der Waals surface area contributed by atoms with E-state index in [4.69, 9.17) is 4.55 Å². The van der Waals surface area contributed by atoms with Crippen molar-refractivity contribution in [2.45, 2.75) is 4.90 Å². The monoisotopic (exact) mass is 206 g/mol. The highest BCUT2D eigenvalue weighted by Crippen LogP contribution is 2.23. The second-order valence-electron chi connectivity index (χ2n) is 2.04. The fraction of sp³-hybridized carbons (Fsp3) is 0. The molecule has 0 aliphatic carbocycles. The van der Waals surface area contributed by atoms with Gasteiger partial charge in [-0.3, -0.25) is 4.55 Å². The van der Waals surface area contributed by atoms with E-state index in [1.165, 1.54) is 18.2 Å². The lowest BCUT2D eigenvalue weighted by molar-refractivity contribution is 0.478. The molecule has 0 aliphatic rings. The van der Waals surface area contributed by atoms with Crippen molar-refractivity contribution >= 4 is 19.6 Å². The van der Waals surface area contributed by atoms with Crippen molar-refractivity contribution in [1.29, 1.82) is 0 Å². The Hall–Kier alpha value is -0.640. The highest BCUT2D eigenvalue weighted by molar-refractivity contribution is 7.86. The second kappa shape index (κ2) is 3.39. The van der Waals surface area contributed by atoms with E-state index in [0.29, 0.717) is 0 Å². The van der Waals surface area contributed by atoms with E-state index >= 15 is 0 Å². The molecule has 0 amide bonds. The molecule has 0 saturated heterocycles. The molecule has 12 heavy (non-hydrogen) atoms. The second-order valence-corrected chi connectivity index (χ2v) is 3.67. The Morgan fingerprint density at radius 2 is 1.92 bits per heavy atom. The van der Waals surface area contributed by atoms with Gasteiger partial charge < -0.3 is 4.52 Å². The van der Waals surface area contributed by atoms with Crippen LogP contribution in [-0.4, -0.2) is 13.0 Å². The molecule has 0 aliphatic heterocycles. The average molecular weight is 206 g/mol. The zero-order chi connectivity index (χ0) is 9.19. The number of rotatable bonds is 2. The molecule has 1 aromatic carbocycles. The van der Waals surface area contributed by atoms with Gasteiger partial charge in [-0.15, -0.1) is 0 Å². The van der Waals surface area contributed by atoms with Crippen molar-refractivity contribution in [3.05, 3.63) is 24.3 Å². The predicted octanol–water partition coefficient (Wildman–Crippen LogP) is 1.10. The third kappa shape index (κ3) is 1.94. The van der Waals surface area contributed by atoms with Crippen LogP contribution in [0.1, 0.15) is 0 Å². The van der Waals surface area contributed by atoms with Gasteiger partial charge in [0, 0.05) is 0 Å². The van der Waals surface area contributed by atoms with Crippen LogP contribution in [-0.2, 0) is 10.1 Å². The van der Waals surface area contributed by atoms with E-state index in [9.17, 15) is 8.42 Å². The maximum atomic E-state index is 10.7. The molecule has 0 heterocycles. The summed E-state index contributed by atoms with van der Waals surface area (Å²) < 4.78 is 34.7. The molecule has 1 N–H and O–H groups in total. The zero-order valence-electron chi connectivity index (χ0n) is 5.97. The molecule has 1 rings (SSSR count). The van der Waals surface area contributed by atoms with Gasteiger partial charge in [-0.1, -0.05) is 12.1 Å². The molecule has 1 atom stereocenters. The molecule has 0 spiro atoms. The minimum Gasteiger partial charge on any atom is -0.479 e. The van der Waals surface area contributed by atoms with Crippen LogP contribution in [0.25, 0.3) is 0 Å². The Morgan fingerprint density at radius 3 is 2.33 bits per heavy atom. The number of hydrogen-bond acceptors (Lipinski definition) is 3. The Balaban J connectivity index is 3.33. The Bertz CT molecular complexity index is 373. The van der Waals surface area contributed by atoms with Crippen LogP contribution in [0, 0.1) is 0 Å². The van der Waals surface area contributed by atoms with E-state index < -0.39 is 10.1 Å². The largest absolute Gasteiger partial charge is 0.479 e. The Kier molecular flexibility index (Phi) is 2.67. The van der Waals surface area contributed by atoms with Crippen molar-refractivity contribution in [1.82, 2.24) is 0 Å². The molecule has 1 unspecified atom stereocenters. The van der Waals surface area contributed by atoms with Gasteiger partial charge in [-0.05, 0) is 12.1 Å². The van der Waals surface area contributed by atoms with Gasteiger partial charge in [-0.2, -0.15) is 8.42 Å². The smallest absolute Gasteiger partial charge is 0.298 e. The van der Waals surface area contributed by atoms with E-state index in [-0.39, 0.29) is 10.6 Å². The van der Waals surface area contributed by atoms with Gasteiger partial charge in [0.05, 0.1) is 9.47 Å². The highest BCUT2D eigenvalue weighted by atomic mass is 32.2. The lowest BCUT2D eigenvalue weighted by Gasteiger charge is -2.03. The fourth-order valence-corrected chi connectivity index (χ4v) is 1.67. The minimum atomic E-state index is -4.18. The van der Waals surface area contributed by atoms with Gasteiger partial charge in [-0.25, -0.2) is 0 Å². The summed E-state index contributed by atoms with van der Waals surface area (Å²) in [6.45, 7) is 0. The molecule has 0 radical (unpaired) electrons. The topological polar surface area (TPSA) is 63.6 Å². The Labute approximate surface area is 72.6 Å². The lowest BCUT2D eigenvalue weighted by Crippen LogP contribution is -1.99. The molecule has 6 heteroatoms. The fourth-order valence-electron chi connectivity index (χ4n) is 0.761. The van der Waals surface area contributed by atoms with Gasteiger partial charge in [0.25, 0.3) is 10.1 Å². The summed E-state index contributed by atoms with van der Waals surface area (Å²) in [6, 6.07) is 5.80. The first kappa shape index (κ1) is 9.45. The predicted molar refractivity (Wildman–Crippen MR) is 46.6 cm³/mol. The Morgan fingerprint density at radius 1 is 1.33 bits per heavy atom. The lowest BCUT2D eigenvalue weighted by atomic mass is 10.3. The van der Waals surface area contributed by atoms with Crippen molar-refractivity contribution in [2.75, 3.05) is 0 Å². The summed E-state index contributed by atoms with van der Waals surface area (Å²) in [4.78, 5) is -0.236. The summed E-state index contributed by atoms with van der Waals surface area (Å²) in [5.41, 5.74) is 0. The van der Waals surface area contributed by atoms with Crippen LogP contribution in [0.15, 0.2) is 29.2 Å². The van der Waals surface area contributed by atoms with Crippen molar-refractivity contribution < 1.29 is 17.5 Å². The van der Waals surface area contributed by atoms with Crippen LogP contribution in [0.4, 0.5) is 0 Å². The molecule has 4 nitrogen and oxygen atoms in total.